The zero-order valence-electron chi connectivity index (χ0n) is 12.2. The third-order valence-corrected chi connectivity index (χ3v) is 4.87. The smallest absolute Gasteiger partial charge is 0.246 e. The number of halogens is 2. The van der Waals surface area contributed by atoms with Gasteiger partial charge in [0.25, 0.3) is 0 Å². The highest BCUT2D eigenvalue weighted by Gasteiger charge is 2.38. The van der Waals surface area contributed by atoms with Crippen LogP contribution in [0.4, 0.5) is 5.95 Å². The van der Waals surface area contributed by atoms with Gasteiger partial charge in [-0.05, 0) is 29.8 Å². The van der Waals surface area contributed by atoms with E-state index in [0.29, 0.717) is 16.0 Å². The van der Waals surface area contributed by atoms with Crippen LogP contribution in [0.25, 0.3) is 11.0 Å². The number of hydrogen-bond donors (Lipinski definition) is 1. The van der Waals surface area contributed by atoms with Gasteiger partial charge in [-0.2, -0.15) is 5.26 Å². The lowest BCUT2D eigenvalue weighted by Crippen LogP contribution is -2.37. The Bertz CT molecular complexity index is 1020. The van der Waals surface area contributed by atoms with Crippen molar-refractivity contribution in [3.05, 3.63) is 58.1 Å². The number of hydrogen-bond acceptors (Lipinski definition) is 3. The minimum Gasteiger partial charge on any atom is -0.300 e. The van der Waals surface area contributed by atoms with E-state index in [-0.39, 0.29) is 5.91 Å². The predicted octanol–water partition coefficient (Wildman–Crippen LogP) is 4.02. The van der Waals surface area contributed by atoms with Crippen LogP contribution in [0.2, 0.25) is 10.0 Å². The van der Waals surface area contributed by atoms with Gasteiger partial charge < -0.3 is 4.57 Å². The molecule has 0 spiro atoms. The molecule has 4 rings (SSSR count). The van der Waals surface area contributed by atoms with E-state index in [1.54, 1.807) is 18.2 Å². The number of benzene rings is 2. The lowest BCUT2D eigenvalue weighted by Gasteiger charge is -2.30. The number of para-hydroxylation sites is 2. The van der Waals surface area contributed by atoms with E-state index in [4.69, 9.17) is 23.2 Å². The van der Waals surface area contributed by atoms with Crippen molar-refractivity contribution in [2.75, 3.05) is 5.32 Å². The topological polar surface area (TPSA) is 70.7 Å². The number of carbonyl (C=O) groups is 1. The Balaban J connectivity index is 2.01. The molecule has 2 heterocycles. The van der Waals surface area contributed by atoms with Crippen LogP contribution in [0.15, 0.2) is 42.5 Å². The standard InChI is InChI=1S/C17H10Cl2N4O/c18-11-6-5-9(7-12(11)19)15-10(8-20)16(24)22-17-21-13-3-1-2-4-14(13)23(15)17/h1-7,10,15H,(H,21,22,24)/t10-,15+/m0/s1. The first-order valence-electron chi connectivity index (χ1n) is 7.22. The molecule has 2 aromatic carbocycles. The molecule has 1 amide bonds. The van der Waals surface area contributed by atoms with Crippen LogP contribution in [-0.4, -0.2) is 15.5 Å². The molecule has 24 heavy (non-hydrogen) atoms. The maximum atomic E-state index is 12.4. The molecule has 1 N–H and O–H groups in total. The fourth-order valence-electron chi connectivity index (χ4n) is 3.06. The second-order valence-corrected chi connectivity index (χ2v) is 6.32. The highest BCUT2D eigenvalue weighted by Crippen LogP contribution is 2.39. The number of anilines is 1. The van der Waals surface area contributed by atoms with E-state index < -0.39 is 12.0 Å². The number of nitrogens with one attached hydrogen (secondary N) is 1. The van der Waals surface area contributed by atoms with Gasteiger partial charge in [0.1, 0.15) is 0 Å². The van der Waals surface area contributed by atoms with Crippen LogP contribution in [-0.2, 0) is 4.79 Å². The first kappa shape index (κ1) is 15.0. The average Bonchev–Trinajstić information content (AvgIpc) is 2.94. The molecule has 0 radical (unpaired) electrons. The van der Waals surface area contributed by atoms with E-state index in [9.17, 15) is 10.1 Å². The summed E-state index contributed by atoms with van der Waals surface area (Å²) in [7, 11) is 0. The Hall–Kier alpha value is -2.55. The van der Waals surface area contributed by atoms with Crippen molar-refractivity contribution in [2.24, 2.45) is 5.92 Å². The molecule has 0 saturated heterocycles. The molecule has 0 bridgehead atoms. The zero-order valence-corrected chi connectivity index (χ0v) is 13.7. The Morgan fingerprint density at radius 1 is 1.17 bits per heavy atom. The monoisotopic (exact) mass is 356 g/mol. The van der Waals surface area contributed by atoms with E-state index in [1.807, 2.05) is 28.8 Å². The van der Waals surface area contributed by atoms with Crippen molar-refractivity contribution in [1.29, 1.82) is 5.26 Å². The van der Waals surface area contributed by atoms with Gasteiger partial charge >= 0.3 is 0 Å². The Labute approximate surface area is 147 Å². The van der Waals surface area contributed by atoms with Gasteiger partial charge in [-0.15, -0.1) is 0 Å². The second kappa shape index (κ2) is 5.52. The Kier molecular flexibility index (Phi) is 3.45. The maximum Gasteiger partial charge on any atom is 0.246 e. The Morgan fingerprint density at radius 3 is 2.71 bits per heavy atom. The molecule has 0 aliphatic carbocycles. The summed E-state index contributed by atoms with van der Waals surface area (Å²) in [5.41, 5.74) is 2.32. The van der Waals surface area contributed by atoms with Gasteiger partial charge in [0.2, 0.25) is 11.9 Å². The van der Waals surface area contributed by atoms with Crippen LogP contribution in [0, 0.1) is 17.2 Å². The average molecular weight is 357 g/mol. The molecule has 118 valence electrons. The van der Waals surface area contributed by atoms with Gasteiger partial charge in [0.05, 0.1) is 33.2 Å². The molecule has 7 heteroatoms. The molecule has 1 aromatic heterocycles. The highest BCUT2D eigenvalue weighted by atomic mass is 35.5. The minimum absolute atomic E-state index is 0.378. The van der Waals surface area contributed by atoms with Gasteiger partial charge in [-0.3, -0.25) is 10.1 Å². The summed E-state index contributed by atoms with van der Waals surface area (Å²) in [5.74, 6) is -0.854. The lowest BCUT2D eigenvalue weighted by atomic mass is 9.91. The van der Waals surface area contributed by atoms with Gasteiger partial charge in [0, 0.05) is 0 Å². The second-order valence-electron chi connectivity index (χ2n) is 5.51. The quantitative estimate of drug-likeness (QED) is 0.715. The van der Waals surface area contributed by atoms with E-state index in [1.165, 1.54) is 0 Å². The molecule has 3 aromatic rings. The molecule has 1 aliphatic rings. The molecule has 5 nitrogen and oxygen atoms in total. The summed E-state index contributed by atoms with van der Waals surface area (Å²) in [4.78, 5) is 16.8. The third kappa shape index (κ3) is 2.15. The fourth-order valence-corrected chi connectivity index (χ4v) is 3.37. The van der Waals surface area contributed by atoms with Crippen molar-refractivity contribution in [2.45, 2.75) is 6.04 Å². The summed E-state index contributed by atoms with van der Waals surface area (Å²) < 4.78 is 1.87. The number of fused-ring (bicyclic) bond motifs is 3. The largest absolute Gasteiger partial charge is 0.300 e. The molecule has 2 atom stereocenters. The van der Waals surface area contributed by atoms with Gasteiger partial charge in [-0.1, -0.05) is 41.4 Å². The Morgan fingerprint density at radius 2 is 1.96 bits per heavy atom. The predicted molar refractivity (Wildman–Crippen MR) is 92.1 cm³/mol. The van der Waals surface area contributed by atoms with E-state index in [0.717, 1.165) is 16.6 Å². The van der Waals surface area contributed by atoms with Gasteiger partial charge in [0.15, 0.2) is 5.92 Å². The summed E-state index contributed by atoms with van der Waals surface area (Å²) >= 11 is 12.1. The first-order valence-corrected chi connectivity index (χ1v) is 7.98. The van der Waals surface area contributed by atoms with Crippen LogP contribution < -0.4 is 5.32 Å². The van der Waals surface area contributed by atoms with Crippen molar-refractivity contribution in [3.8, 4) is 6.07 Å². The van der Waals surface area contributed by atoms with Gasteiger partial charge in [-0.25, -0.2) is 4.98 Å². The lowest BCUT2D eigenvalue weighted by molar-refractivity contribution is -0.119. The van der Waals surface area contributed by atoms with Crippen molar-refractivity contribution < 1.29 is 4.79 Å². The van der Waals surface area contributed by atoms with E-state index >= 15 is 0 Å². The van der Waals surface area contributed by atoms with Crippen molar-refractivity contribution >= 4 is 46.1 Å². The number of nitrogens with zero attached hydrogens (tertiary/aromatic N) is 3. The maximum absolute atomic E-state index is 12.4. The third-order valence-electron chi connectivity index (χ3n) is 4.13. The van der Waals surface area contributed by atoms with E-state index in [2.05, 4.69) is 16.4 Å². The normalized spacial score (nSPS) is 19.6. The zero-order chi connectivity index (χ0) is 16.8. The van der Waals surface area contributed by atoms with Crippen molar-refractivity contribution in [3.63, 3.8) is 0 Å². The number of nitriles is 1. The van der Waals surface area contributed by atoms with Crippen LogP contribution >= 0.6 is 23.2 Å². The van der Waals surface area contributed by atoms with Crippen LogP contribution in [0.1, 0.15) is 11.6 Å². The summed E-state index contributed by atoms with van der Waals surface area (Å²) in [6.45, 7) is 0. The van der Waals surface area contributed by atoms with Crippen molar-refractivity contribution in [1.82, 2.24) is 9.55 Å². The number of carbonyl (C=O) groups excluding carboxylic acids is 1. The number of rotatable bonds is 1. The summed E-state index contributed by atoms with van der Waals surface area (Å²) in [6.07, 6.45) is 0. The summed E-state index contributed by atoms with van der Waals surface area (Å²) in [6, 6.07) is 14.2. The number of imidazole rings is 1. The molecule has 0 fully saturated rings. The van der Waals surface area contributed by atoms with Crippen LogP contribution in [0.3, 0.4) is 0 Å². The number of amides is 1. The minimum atomic E-state index is -0.896. The van der Waals surface area contributed by atoms with Crippen LogP contribution in [0.5, 0.6) is 0 Å². The first-order chi connectivity index (χ1) is 11.6. The fraction of sp³-hybridized carbons (Fsp3) is 0.118. The molecule has 0 saturated carbocycles. The highest BCUT2D eigenvalue weighted by molar-refractivity contribution is 6.42. The summed E-state index contributed by atoms with van der Waals surface area (Å²) in [5, 5.41) is 13.1. The SMILES string of the molecule is N#C[C@@H]1C(=O)Nc2nc3ccccc3n2[C@@H]1c1ccc(Cl)c(Cl)c1. The molecular formula is C17H10Cl2N4O. The molecule has 0 unspecified atom stereocenters. The number of aromatic nitrogens is 2. The molecular weight excluding hydrogens is 347 g/mol. The molecule has 1 aliphatic heterocycles.